The van der Waals surface area contributed by atoms with Crippen LogP contribution < -0.4 is 0 Å². The van der Waals surface area contributed by atoms with Crippen LogP contribution in [0.25, 0.3) is 16.9 Å². The van der Waals surface area contributed by atoms with Gasteiger partial charge < -0.3 is 5.11 Å². The first-order chi connectivity index (χ1) is 10.2. The summed E-state index contributed by atoms with van der Waals surface area (Å²) in [7, 11) is 0. The Balaban J connectivity index is 2.19. The highest BCUT2D eigenvalue weighted by atomic mass is 19.1. The lowest BCUT2D eigenvalue weighted by Gasteiger charge is -2.08. The Labute approximate surface area is 119 Å². The van der Waals surface area contributed by atoms with Crippen LogP contribution in [0, 0.1) is 11.6 Å². The largest absolute Gasteiger partial charge is 0.390 e. The zero-order valence-electron chi connectivity index (χ0n) is 10.9. The van der Waals surface area contributed by atoms with E-state index < -0.39 is 5.82 Å². The van der Waals surface area contributed by atoms with E-state index >= 15 is 0 Å². The molecule has 6 heteroatoms. The molecule has 1 heterocycles. The molecule has 0 aliphatic carbocycles. The summed E-state index contributed by atoms with van der Waals surface area (Å²) in [5, 5.41) is 17.2. The smallest absolute Gasteiger partial charge is 0.123 e. The highest BCUT2D eigenvalue weighted by molar-refractivity contribution is 5.64. The maximum atomic E-state index is 13.4. The molecule has 0 fully saturated rings. The van der Waals surface area contributed by atoms with Gasteiger partial charge in [0.05, 0.1) is 12.3 Å². The van der Waals surface area contributed by atoms with Gasteiger partial charge >= 0.3 is 0 Å². The second-order valence-corrected chi connectivity index (χ2v) is 4.44. The molecule has 4 nitrogen and oxygen atoms in total. The van der Waals surface area contributed by atoms with Gasteiger partial charge in [0.1, 0.15) is 23.0 Å². The lowest BCUT2D eigenvalue weighted by Crippen LogP contribution is -2.00. The molecular formula is C15H11F2N3O. The Hall–Kier alpha value is -2.60. The molecule has 1 N–H and O–H groups in total. The lowest BCUT2D eigenvalue weighted by atomic mass is 10.1. The minimum atomic E-state index is -0.400. The van der Waals surface area contributed by atoms with Crippen molar-refractivity contribution in [2.45, 2.75) is 6.61 Å². The highest BCUT2D eigenvalue weighted by Crippen LogP contribution is 2.26. The third-order valence-corrected chi connectivity index (χ3v) is 3.06. The summed E-state index contributed by atoms with van der Waals surface area (Å²) < 4.78 is 27.9. The molecule has 0 bridgehead atoms. The van der Waals surface area contributed by atoms with Crippen LogP contribution in [0.5, 0.6) is 0 Å². The van der Waals surface area contributed by atoms with Crippen LogP contribution in [0.3, 0.4) is 0 Å². The van der Waals surface area contributed by atoms with Gasteiger partial charge in [0, 0.05) is 5.56 Å². The fourth-order valence-electron chi connectivity index (χ4n) is 2.11. The number of hydrogen-bond acceptors (Lipinski definition) is 3. The first-order valence-corrected chi connectivity index (χ1v) is 6.26. The van der Waals surface area contributed by atoms with Gasteiger partial charge in [0.25, 0.3) is 0 Å². The Kier molecular flexibility index (Phi) is 3.45. The van der Waals surface area contributed by atoms with Crippen molar-refractivity contribution in [2.24, 2.45) is 0 Å². The Morgan fingerprint density at radius 2 is 1.76 bits per heavy atom. The summed E-state index contributed by atoms with van der Waals surface area (Å²) in [5.41, 5.74) is 1.91. The molecule has 0 unspecified atom stereocenters. The summed E-state index contributed by atoms with van der Waals surface area (Å²) >= 11 is 0. The van der Waals surface area contributed by atoms with E-state index in [0.717, 1.165) is 0 Å². The second-order valence-electron chi connectivity index (χ2n) is 4.44. The van der Waals surface area contributed by atoms with E-state index in [9.17, 15) is 13.9 Å². The summed E-state index contributed by atoms with van der Waals surface area (Å²) in [6.45, 7) is -0.326. The lowest BCUT2D eigenvalue weighted by molar-refractivity contribution is 0.277. The van der Waals surface area contributed by atoms with Crippen LogP contribution in [0.15, 0.2) is 48.5 Å². The van der Waals surface area contributed by atoms with E-state index in [1.54, 1.807) is 12.1 Å². The average molecular weight is 287 g/mol. The maximum Gasteiger partial charge on any atom is 0.123 e. The van der Waals surface area contributed by atoms with Crippen LogP contribution in [0.4, 0.5) is 8.78 Å². The van der Waals surface area contributed by atoms with Crippen molar-refractivity contribution in [3.8, 4) is 16.9 Å². The van der Waals surface area contributed by atoms with Crippen LogP contribution >= 0.6 is 0 Å². The van der Waals surface area contributed by atoms with Crippen LogP contribution in [0.2, 0.25) is 0 Å². The van der Waals surface area contributed by atoms with Gasteiger partial charge in [-0.1, -0.05) is 17.3 Å². The van der Waals surface area contributed by atoms with Crippen molar-refractivity contribution < 1.29 is 13.9 Å². The van der Waals surface area contributed by atoms with Crippen molar-refractivity contribution in [1.29, 1.82) is 0 Å². The van der Waals surface area contributed by atoms with Gasteiger partial charge in [-0.2, -0.15) is 0 Å². The quantitative estimate of drug-likeness (QED) is 0.805. The van der Waals surface area contributed by atoms with Gasteiger partial charge in [0.2, 0.25) is 0 Å². The molecule has 106 valence electrons. The summed E-state index contributed by atoms with van der Waals surface area (Å²) in [6, 6.07) is 11.6. The number of rotatable bonds is 3. The van der Waals surface area contributed by atoms with E-state index in [1.165, 1.54) is 41.1 Å². The fraction of sp³-hybridized carbons (Fsp3) is 0.0667. The van der Waals surface area contributed by atoms with E-state index in [2.05, 4.69) is 10.3 Å². The summed E-state index contributed by atoms with van der Waals surface area (Å²) in [5.74, 6) is -0.767. The molecule has 0 aliphatic heterocycles. The number of aliphatic hydroxyl groups is 1. The Bertz CT molecular complexity index is 769. The molecule has 3 aromatic rings. The minimum absolute atomic E-state index is 0.324. The fourth-order valence-corrected chi connectivity index (χ4v) is 2.11. The van der Waals surface area contributed by atoms with E-state index in [0.29, 0.717) is 22.6 Å². The third kappa shape index (κ3) is 2.53. The number of hydrogen-bond donors (Lipinski definition) is 1. The normalized spacial score (nSPS) is 10.8. The first-order valence-electron chi connectivity index (χ1n) is 6.26. The van der Waals surface area contributed by atoms with Crippen molar-refractivity contribution in [1.82, 2.24) is 15.0 Å². The van der Waals surface area contributed by atoms with Gasteiger partial charge in [-0.3, -0.25) is 0 Å². The van der Waals surface area contributed by atoms with Crippen LogP contribution in [-0.4, -0.2) is 20.1 Å². The zero-order chi connectivity index (χ0) is 14.8. The van der Waals surface area contributed by atoms with Gasteiger partial charge in [-0.05, 0) is 36.4 Å². The predicted octanol–water partition coefficient (Wildman–Crippen LogP) is 2.70. The molecule has 2 aromatic carbocycles. The van der Waals surface area contributed by atoms with Gasteiger partial charge in [0.15, 0.2) is 0 Å². The molecule has 0 atom stereocenters. The van der Waals surface area contributed by atoms with E-state index in [-0.39, 0.29) is 12.4 Å². The number of benzene rings is 2. The maximum absolute atomic E-state index is 13.4. The molecule has 0 aliphatic rings. The molecule has 3 rings (SSSR count). The Morgan fingerprint density at radius 1 is 1.00 bits per heavy atom. The summed E-state index contributed by atoms with van der Waals surface area (Å²) in [6.07, 6.45) is 0. The van der Waals surface area contributed by atoms with Crippen molar-refractivity contribution in [2.75, 3.05) is 0 Å². The van der Waals surface area contributed by atoms with Gasteiger partial charge in [-0.25, -0.2) is 13.5 Å². The predicted molar refractivity (Wildman–Crippen MR) is 72.6 cm³/mol. The molecule has 0 spiro atoms. The van der Waals surface area contributed by atoms with Crippen molar-refractivity contribution in [3.05, 3.63) is 65.9 Å². The minimum Gasteiger partial charge on any atom is -0.390 e. The Morgan fingerprint density at radius 3 is 2.43 bits per heavy atom. The SMILES string of the molecule is OCc1nnn(-c2ccc(F)cc2)c1-c1cccc(F)c1. The molecule has 0 radical (unpaired) electrons. The number of halogens is 2. The third-order valence-electron chi connectivity index (χ3n) is 3.06. The van der Waals surface area contributed by atoms with Crippen LogP contribution in [-0.2, 0) is 6.61 Å². The monoisotopic (exact) mass is 287 g/mol. The second kappa shape index (κ2) is 5.41. The molecule has 1 aromatic heterocycles. The standard InChI is InChI=1S/C15H11F2N3O/c16-11-4-6-13(7-5-11)20-15(14(9-21)18-19-20)10-2-1-3-12(17)8-10/h1-8,21H,9H2. The molecule has 21 heavy (non-hydrogen) atoms. The van der Waals surface area contributed by atoms with Gasteiger partial charge in [-0.15, -0.1) is 5.10 Å². The zero-order valence-corrected chi connectivity index (χ0v) is 10.9. The topological polar surface area (TPSA) is 50.9 Å². The number of nitrogens with zero attached hydrogens (tertiary/aromatic N) is 3. The molecular weight excluding hydrogens is 276 g/mol. The van der Waals surface area contributed by atoms with E-state index in [4.69, 9.17) is 0 Å². The first kappa shape index (κ1) is 13.4. The number of aliphatic hydroxyl groups excluding tert-OH is 1. The molecule has 0 saturated carbocycles. The molecule has 0 saturated heterocycles. The average Bonchev–Trinajstić information content (AvgIpc) is 2.92. The molecule has 0 amide bonds. The summed E-state index contributed by atoms with van der Waals surface area (Å²) in [4.78, 5) is 0. The van der Waals surface area contributed by atoms with Crippen LogP contribution in [0.1, 0.15) is 5.69 Å². The van der Waals surface area contributed by atoms with Crippen molar-refractivity contribution in [3.63, 3.8) is 0 Å². The number of aromatic nitrogens is 3. The highest BCUT2D eigenvalue weighted by Gasteiger charge is 2.16. The van der Waals surface area contributed by atoms with E-state index in [1.807, 2.05) is 0 Å². The van der Waals surface area contributed by atoms with Crippen molar-refractivity contribution >= 4 is 0 Å².